The molecule has 148 heavy (non-hydrogen) atoms. The number of piperazine rings is 5. The van der Waals surface area contributed by atoms with Gasteiger partial charge < -0.3 is 93.7 Å². The molecule has 6 aliphatic rings. The Bertz CT molecular complexity index is 8640. The average molecular weight is 1990 g/mol. The van der Waals surface area contributed by atoms with Crippen LogP contribution in [-0.4, -0.2) is 247 Å². The summed E-state index contributed by atoms with van der Waals surface area (Å²) in [6, 6.07) is 47.5. The van der Waals surface area contributed by atoms with Crippen LogP contribution in [0, 0.1) is 48.5 Å². The lowest BCUT2D eigenvalue weighted by atomic mass is 10.1. The highest BCUT2D eigenvalue weighted by Crippen LogP contribution is 2.38. The van der Waals surface area contributed by atoms with Gasteiger partial charge in [-0.3, -0.25) is 24.8 Å². The Morgan fingerprint density at radius 2 is 0.689 bits per heavy atom. The minimum Gasteiger partial charge on any atom is -0.493 e. The maximum absolute atomic E-state index is 12.8. The van der Waals surface area contributed by atoms with E-state index >= 15 is 0 Å². The molecule has 6 aliphatic heterocycles. The first-order chi connectivity index (χ1) is 71.4. The number of nitrogens with one attached hydrogen (secondary N) is 1. The first-order valence-electron chi connectivity index (χ1n) is 50.7. The molecule has 5 atom stereocenters. The summed E-state index contributed by atoms with van der Waals surface area (Å²) in [5.41, 5.74) is 16.1. The van der Waals surface area contributed by atoms with Gasteiger partial charge in [-0.15, -0.1) is 0 Å². The Morgan fingerprint density at radius 1 is 0.331 bits per heavy atom. The van der Waals surface area contributed by atoms with Crippen LogP contribution in [0.4, 0.5) is 28.4 Å². The molecule has 34 heteroatoms. The molecular formula is C114H122N22O12. The number of rotatable bonds is 12. The summed E-state index contributed by atoms with van der Waals surface area (Å²) in [6.07, 6.45) is 19.4. The van der Waals surface area contributed by atoms with E-state index in [-0.39, 0.29) is 28.1 Å². The number of aromatic nitrogens is 12. The second kappa shape index (κ2) is 40.9. The van der Waals surface area contributed by atoms with E-state index in [0.717, 1.165) is 222 Å². The van der Waals surface area contributed by atoms with Crippen molar-refractivity contribution >= 4 is 105 Å². The maximum atomic E-state index is 12.8. The third-order valence-corrected chi connectivity index (χ3v) is 29.4. The Hall–Kier alpha value is -15.8. The summed E-state index contributed by atoms with van der Waals surface area (Å²) < 4.78 is 46.6. The Kier molecular flexibility index (Phi) is 27.2. The number of hydrogen-bond donors (Lipinski definition) is 1. The molecule has 0 bridgehead atoms. The number of benzene rings is 6. The molecule has 19 aromatic rings. The molecule has 0 radical (unpaired) electrons. The van der Waals surface area contributed by atoms with Crippen LogP contribution < -0.4 is 67.4 Å². The smallest absolute Gasteiger partial charge is 0.344 e. The van der Waals surface area contributed by atoms with Gasteiger partial charge in [-0.2, -0.15) is 0 Å². The van der Waals surface area contributed by atoms with E-state index in [2.05, 4.69) is 168 Å². The minimum atomic E-state index is -0.344. The van der Waals surface area contributed by atoms with Crippen molar-refractivity contribution in [2.24, 2.45) is 0 Å². The van der Waals surface area contributed by atoms with Crippen LogP contribution in [-0.2, 0) is 0 Å². The molecule has 34 nitrogen and oxygen atoms in total. The lowest BCUT2D eigenvalue weighted by Gasteiger charge is -2.39. The molecule has 6 fully saturated rings. The van der Waals surface area contributed by atoms with Gasteiger partial charge >= 0.3 is 28.1 Å². The Balaban J connectivity index is 0.000000108. The van der Waals surface area contributed by atoms with Gasteiger partial charge in [-0.25, -0.2) is 43.9 Å². The minimum absolute atomic E-state index is 0.324. The highest BCUT2D eigenvalue weighted by Gasteiger charge is 2.33. The number of aryl methyl sites for hydroxylation is 7. The molecule has 1 N–H and O–H groups in total. The van der Waals surface area contributed by atoms with Crippen LogP contribution in [0.25, 0.3) is 134 Å². The molecule has 6 aromatic carbocycles. The van der Waals surface area contributed by atoms with E-state index < -0.39 is 0 Å². The van der Waals surface area contributed by atoms with E-state index in [4.69, 9.17) is 31.6 Å². The van der Waals surface area contributed by atoms with Crippen LogP contribution in [0.3, 0.4) is 0 Å². The molecule has 0 unspecified atom stereocenters. The normalized spacial score (nSPS) is 18.1. The molecule has 0 amide bonds. The van der Waals surface area contributed by atoms with Gasteiger partial charge in [-0.05, 0) is 253 Å². The van der Waals surface area contributed by atoms with Gasteiger partial charge in [0, 0.05) is 212 Å². The first-order valence-corrected chi connectivity index (χ1v) is 50.7. The van der Waals surface area contributed by atoms with Gasteiger partial charge in [0.15, 0.2) is 57.1 Å². The third-order valence-electron chi connectivity index (χ3n) is 29.4. The Morgan fingerprint density at radius 3 is 1.10 bits per heavy atom. The van der Waals surface area contributed by atoms with Crippen LogP contribution in [0.15, 0.2) is 241 Å². The van der Waals surface area contributed by atoms with Crippen molar-refractivity contribution in [3.05, 3.63) is 287 Å². The zero-order valence-electron chi connectivity index (χ0n) is 86.4. The fraction of sp³-hybridized carbons (Fsp3) is 0.342. The molecule has 25 rings (SSSR count). The second-order valence-corrected chi connectivity index (χ2v) is 40.3. The van der Waals surface area contributed by atoms with Crippen molar-refractivity contribution in [3.8, 4) is 68.6 Å². The van der Waals surface area contributed by atoms with E-state index in [9.17, 15) is 24.0 Å². The molecule has 760 valence electrons. The monoisotopic (exact) mass is 1990 g/mol. The number of anilines is 5. The number of imidazole rings is 4. The number of methoxy groups -OCH3 is 2. The van der Waals surface area contributed by atoms with E-state index in [1.54, 1.807) is 26.5 Å². The fourth-order valence-corrected chi connectivity index (χ4v) is 21.3. The predicted octanol–water partition coefficient (Wildman–Crippen LogP) is 16.2. The van der Waals surface area contributed by atoms with Crippen molar-refractivity contribution in [2.45, 2.75) is 119 Å². The van der Waals surface area contributed by atoms with Crippen molar-refractivity contribution < 1.29 is 31.6 Å². The van der Waals surface area contributed by atoms with Crippen molar-refractivity contribution in [1.82, 2.24) is 82.4 Å². The molecule has 6 saturated heterocycles. The van der Waals surface area contributed by atoms with Crippen LogP contribution >= 0.6 is 0 Å². The summed E-state index contributed by atoms with van der Waals surface area (Å²) in [5.74, 6) is 3.60. The van der Waals surface area contributed by atoms with Crippen LogP contribution in [0.5, 0.6) is 11.5 Å². The summed E-state index contributed by atoms with van der Waals surface area (Å²) in [4.78, 5) is 121. The number of likely N-dealkylation sites (N-methyl/N-ethyl adjacent to an activating group) is 3. The molecule has 0 spiro atoms. The maximum Gasteiger partial charge on any atom is 0.344 e. The lowest BCUT2D eigenvalue weighted by molar-refractivity contribution is 0.231. The topological polar surface area (TPSA) is 331 Å². The third kappa shape index (κ3) is 20.4. The number of fused-ring (bicyclic) bond motifs is 10. The van der Waals surface area contributed by atoms with E-state index in [0.29, 0.717) is 120 Å². The lowest BCUT2D eigenvalue weighted by Crippen LogP contribution is -2.54. The van der Waals surface area contributed by atoms with Crippen LogP contribution in [0.1, 0.15) is 80.4 Å². The fourth-order valence-electron chi connectivity index (χ4n) is 21.3. The van der Waals surface area contributed by atoms with Crippen LogP contribution in [0.2, 0.25) is 0 Å². The predicted molar refractivity (Wildman–Crippen MR) is 581 cm³/mol. The molecule has 0 aliphatic carbocycles. The summed E-state index contributed by atoms with van der Waals surface area (Å²) in [5, 5.41) is 10.8. The first kappa shape index (κ1) is 98.3. The van der Waals surface area contributed by atoms with Gasteiger partial charge in [0.25, 0.3) is 0 Å². The van der Waals surface area contributed by atoms with E-state index in [1.165, 1.54) is 19.4 Å². The van der Waals surface area contributed by atoms with Crippen molar-refractivity contribution in [2.75, 3.05) is 165 Å². The average Bonchev–Trinajstić information content (AvgIpc) is 1.59. The molecular weight excluding hydrogens is 1870 g/mol. The summed E-state index contributed by atoms with van der Waals surface area (Å²) >= 11 is 0. The van der Waals surface area contributed by atoms with Gasteiger partial charge in [0.1, 0.15) is 28.5 Å². The zero-order valence-corrected chi connectivity index (χ0v) is 86.4. The Labute approximate surface area is 853 Å². The zero-order chi connectivity index (χ0) is 103. The highest BCUT2D eigenvalue weighted by atomic mass is 16.5. The second-order valence-electron chi connectivity index (χ2n) is 40.3. The molecule has 0 saturated carbocycles. The van der Waals surface area contributed by atoms with Crippen molar-refractivity contribution in [3.63, 3.8) is 0 Å². The molecule has 13 aromatic heterocycles. The molecule has 19 heterocycles. The summed E-state index contributed by atoms with van der Waals surface area (Å²) in [7, 11) is 9.60. The van der Waals surface area contributed by atoms with E-state index in [1.807, 2.05) is 219 Å². The summed E-state index contributed by atoms with van der Waals surface area (Å²) in [6.45, 7) is 38.3. The van der Waals surface area contributed by atoms with Gasteiger partial charge in [-0.1, -0.05) is 30.3 Å². The van der Waals surface area contributed by atoms with Gasteiger partial charge in [0.2, 0.25) is 0 Å². The van der Waals surface area contributed by atoms with Crippen molar-refractivity contribution in [1.29, 1.82) is 0 Å². The SMILES string of the molecule is COc1ccc(-c2cc3ccc(N4CCN(C)[C@@H](C)C4)cc3c(=O)o2)cc1OC.Cc1cn2cc(-c3cc4ccc(N5CCN(C)CC5)cc4c(=O)o3)nc2c(C)n1.Cc1cn2cc(-c3cc4ccc(N5CCN(C)[C@@H](C)C5)cc4c(=O)o3)nc2c(C)n1.Cc1cn2cc(-c3cc4ccc(N5CCN6CCC[C@@H]6C5)cc4c(=O)o3)nc2cn1.Cc1cn2cc(-c3cc4ccc(N5C[C@@H](C)N[C@@H](C)C5)cc4c(=O)o3)nc2c(C)n1. The van der Waals surface area contributed by atoms with Gasteiger partial charge in [0.05, 0.1) is 87.2 Å². The highest BCUT2D eigenvalue weighted by molar-refractivity contribution is 5.92. The number of hydrogen-bond acceptors (Lipinski definition) is 30. The largest absolute Gasteiger partial charge is 0.493 e. The number of ether oxygens (including phenoxy) is 2. The quantitative estimate of drug-likeness (QED) is 0.119. The number of nitrogens with zero attached hydrogens (tertiary/aromatic N) is 21. The standard InChI is InChI=1S/C23H23N5O2.2C23H25N5O2.C23H26N2O4.C22H23N5O2/c1-15-12-28-14-20(25-22(28)11-24-15)21-9-16-4-5-17(10-19(16)23(29)30-21)27-8-7-26-6-2-3-18(26)13-27;1-13-9-27(10-14(2)24-13)18-6-5-17-7-21(30-23(29)19(17)8-18)20-12-28-11-15(3)25-16(4)22(28)26-20;1-14-11-28-13-20(25-22(28)16(3)24-14)21-9-17-5-6-18(10-19(17)23(29)30-21)27-8-7-26(4)15(2)12-27;1-15-14-25(10-9-24(15)2)18-7-5-16-11-21(29-23(26)19(16)13-18)17-6-8-20(27-3)22(12-17)28-4;1-14-12-27-13-19(24-21(27)15(2)23-14)20-10-16-4-5-17(11-18(16)22(28)29-20)26-8-6-25(3)7-9-26/h4-5,9-12,14,18H,2-3,6-8,13H2,1H3;5-8,11-14,24H,9-10H2,1-4H3;5-6,9-11,13,15H,7-8,12H2,1-4H3;5-8,11-13,15H,9-10,14H2,1-4H3;4-5,10-13H,6-9H2,1-3H3/t18-;13-,14+;2*15-;/m1.00./s1.